The Kier molecular flexibility index (Phi) is 6.38. The van der Waals surface area contributed by atoms with Gasteiger partial charge < -0.3 is 10.5 Å². The summed E-state index contributed by atoms with van der Waals surface area (Å²) in [6.07, 6.45) is 0.229. The van der Waals surface area contributed by atoms with Gasteiger partial charge in [0.2, 0.25) is 0 Å². The lowest BCUT2D eigenvalue weighted by Crippen LogP contribution is -2.26. The molecular weight excluding hydrogens is 286 g/mol. The molecule has 0 heterocycles. The predicted octanol–water partition coefficient (Wildman–Crippen LogP) is 2.51. The van der Waals surface area contributed by atoms with Crippen molar-refractivity contribution in [3.05, 3.63) is 29.8 Å². The Bertz CT molecular complexity index is 530. The standard InChI is InChI=1S/C16H27NO3S/c1-5-20-14(12-17)10-11-21(18,19)15-8-6-13(7-9-15)16(2,3)4/h6-9,14H,5,10-12,17H2,1-4H3. The van der Waals surface area contributed by atoms with Crippen molar-refractivity contribution < 1.29 is 13.2 Å². The second kappa shape index (κ2) is 7.38. The summed E-state index contributed by atoms with van der Waals surface area (Å²) in [7, 11) is -3.28. The van der Waals surface area contributed by atoms with Crippen molar-refractivity contribution in [1.82, 2.24) is 0 Å². The van der Waals surface area contributed by atoms with Crippen LogP contribution in [0.1, 0.15) is 39.7 Å². The van der Waals surface area contributed by atoms with E-state index in [9.17, 15) is 8.42 Å². The van der Waals surface area contributed by atoms with Crippen LogP contribution in [0.3, 0.4) is 0 Å². The van der Waals surface area contributed by atoms with E-state index in [-0.39, 0.29) is 17.3 Å². The van der Waals surface area contributed by atoms with E-state index < -0.39 is 9.84 Å². The van der Waals surface area contributed by atoms with Gasteiger partial charge in [0.25, 0.3) is 0 Å². The van der Waals surface area contributed by atoms with Crippen LogP contribution in [0.15, 0.2) is 29.2 Å². The third kappa shape index (κ3) is 5.41. The zero-order valence-electron chi connectivity index (χ0n) is 13.4. The molecule has 0 aliphatic rings. The van der Waals surface area contributed by atoms with E-state index in [1.807, 2.05) is 19.1 Å². The molecule has 21 heavy (non-hydrogen) atoms. The molecule has 120 valence electrons. The molecule has 1 aromatic carbocycles. The lowest BCUT2D eigenvalue weighted by atomic mass is 9.87. The second-order valence-corrected chi connectivity index (χ2v) is 8.30. The normalized spacial score (nSPS) is 14.1. The first-order chi connectivity index (χ1) is 9.70. The van der Waals surface area contributed by atoms with Crippen LogP contribution in [0.4, 0.5) is 0 Å². The van der Waals surface area contributed by atoms with Gasteiger partial charge >= 0.3 is 0 Å². The maximum atomic E-state index is 12.3. The third-order valence-corrected chi connectivity index (χ3v) is 5.22. The van der Waals surface area contributed by atoms with Gasteiger partial charge in [-0.2, -0.15) is 0 Å². The largest absolute Gasteiger partial charge is 0.377 e. The van der Waals surface area contributed by atoms with E-state index in [1.54, 1.807) is 12.1 Å². The monoisotopic (exact) mass is 313 g/mol. The van der Waals surface area contributed by atoms with E-state index in [4.69, 9.17) is 10.5 Å². The molecule has 0 saturated heterocycles. The summed E-state index contributed by atoms with van der Waals surface area (Å²) in [6.45, 7) is 9.07. The zero-order valence-corrected chi connectivity index (χ0v) is 14.2. The fourth-order valence-electron chi connectivity index (χ4n) is 2.07. The van der Waals surface area contributed by atoms with Gasteiger partial charge in [-0.3, -0.25) is 0 Å². The number of sulfone groups is 1. The molecule has 0 fully saturated rings. The maximum Gasteiger partial charge on any atom is 0.178 e. The smallest absolute Gasteiger partial charge is 0.178 e. The predicted molar refractivity (Wildman–Crippen MR) is 86.3 cm³/mol. The molecular formula is C16H27NO3S. The van der Waals surface area contributed by atoms with E-state index in [0.717, 1.165) is 5.56 Å². The summed E-state index contributed by atoms with van der Waals surface area (Å²) < 4.78 is 30.0. The quantitative estimate of drug-likeness (QED) is 0.840. The molecule has 0 bridgehead atoms. The number of benzene rings is 1. The second-order valence-electron chi connectivity index (χ2n) is 6.19. The zero-order chi connectivity index (χ0) is 16.1. The molecule has 0 amide bonds. The van der Waals surface area contributed by atoms with Crippen molar-refractivity contribution >= 4 is 9.84 Å². The highest BCUT2D eigenvalue weighted by atomic mass is 32.2. The Hall–Kier alpha value is -0.910. The molecule has 1 atom stereocenters. The van der Waals surface area contributed by atoms with E-state index in [2.05, 4.69) is 20.8 Å². The van der Waals surface area contributed by atoms with Crippen molar-refractivity contribution in [2.75, 3.05) is 18.9 Å². The van der Waals surface area contributed by atoms with Crippen LogP contribution in [0, 0.1) is 0 Å². The molecule has 0 aliphatic carbocycles. The number of nitrogens with two attached hydrogens (primary N) is 1. The molecule has 0 radical (unpaired) electrons. The molecule has 0 aromatic heterocycles. The summed E-state index contributed by atoms with van der Waals surface area (Å²) in [5.74, 6) is 0.0593. The van der Waals surface area contributed by atoms with Crippen molar-refractivity contribution in [2.24, 2.45) is 5.73 Å². The number of hydrogen-bond acceptors (Lipinski definition) is 4. The summed E-state index contributed by atoms with van der Waals surface area (Å²) in [5, 5.41) is 0. The maximum absolute atomic E-state index is 12.3. The summed E-state index contributed by atoms with van der Waals surface area (Å²) in [5.41, 5.74) is 6.71. The minimum Gasteiger partial charge on any atom is -0.377 e. The van der Waals surface area contributed by atoms with Crippen LogP contribution in [-0.2, 0) is 20.0 Å². The van der Waals surface area contributed by atoms with Crippen LogP contribution in [0.5, 0.6) is 0 Å². The summed E-state index contributed by atoms with van der Waals surface area (Å²) in [4.78, 5) is 0.364. The van der Waals surface area contributed by atoms with E-state index in [1.165, 1.54) is 0 Å². The molecule has 0 spiro atoms. The van der Waals surface area contributed by atoms with Crippen LogP contribution in [0.2, 0.25) is 0 Å². The van der Waals surface area contributed by atoms with Crippen LogP contribution in [0.25, 0.3) is 0 Å². The first kappa shape index (κ1) is 18.1. The van der Waals surface area contributed by atoms with Gasteiger partial charge in [-0.25, -0.2) is 8.42 Å². The van der Waals surface area contributed by atoms with Gasteiger partial charge in [-0.05, 0) is 36.5 Å². The van der Waals surface area contributed by atoms with Crippen molar-refractivity contribution in [3.63, 3.8) is 0 Å². The lowest BCUT2D eigenvalue weighted by molar-refractivity contribution is 0.0671. The van der Waals surface area contributed by atoms with Crippen LogP contribution < -0.4 is 5.73 Å². The van der Waals surface area contributed by atoms with Crippen LogP contribution >= 0.6 is 0 Å². The lowest BCUT2D eigenvalue weighted by Gasteiger charge is -2.19. The number of rotatable bonds is 7. The average Bonchev–Trinajstić information content (AvgIpc) is 2.42. The minimum absolute atomic E-state index is 0.0158. The molecule has 5 heteroatoms. The first-order valence-corrected chi connectivity index (χ1v) is 9.01. The number of ether oxygens (including phenoxy) is 1. The first-order valence-electron chi connectivity index (χ1n) is 7.35. The van der Waals surface area contributed by atoms with Crippen LogP contribution in [-0.4, -0.2) is 33.4 Å². The fraction of sp³-hybridized carbons (Fsp3) is 0.625. The van der Waals surface area contributed by atoms with Gasteiger partial charge in [0.15, 0.2) is 9.84 Å². The third-order valence-electron chi connectivity index (χ3n) is 3.45. The van der Waals surface area contributed by atoms with Crippen molar-refractivity contribution in [3.8, 4) is 0 Å². The molecule has 1 unspecified atom stereocenters. The SMILES string of the molecule is CCOC(CN)CCS(=O)(=O)c1ccc(C(C)(C)C)cc1. The highest BCUT2D eigenvalue weighted by Gasteiger charge is 2.19. The van der Waals surface area contributed by atoms with E-state index >= 15 is 0 Å². The molecule has 0 saturated carbocycles. The minimum atomic E-state index is -3.28. The molecule has 1 rings (SSSR count). The summed E-state index contributed by atoms with van der Waals surface area (Å²) in [6, 6.07) is 7.15. The van der Waals surface area contributed by atoms with Crippen molar-refractivity contribution in [1.29, 1.82) is 0 Å². The van der Waals surface area contributed by atoms with Gasteiger partial charge in [0, 0.05) is 13.2 Å². The van der Waals surface area contributed by atoms with Gasteiger partial charge in [-0.1, -0.05) is 32.9 Å². The Morgan fingerprint density at radius 2 is 1.76 bits per heavy atom. The molecule has 0 aliphatic heterocycles. The van der Waals surface area contributed by atoms with Gasteiger partial charge in [0.1, 0.15) is 0 Å². The molecule has 2 N–H and O–H groups in total. The van der Waals surface area contributed by atoms with Gasteiger partial charge in [0.05, 0.1) is 16.8 Å². The number of hydrogen-bond donors (Lipinski definition) is 1. The highest BCUT2D eigenvalue weighted by molar-refractivity contribution is 7.91. The Morgan fingerprint density at radius 3 is 2.19 bits per heavy atom. The average molecular weight is 313 g/mol. The Labute approximate surface area is 128 Å². The highest BCUT2D eigenvalue weighted by Crippen LogP contribution is 2.24. The Morgan fingerprint density at radius 1 is 1.19 bits per heavy atom. The van der Waals surface area contributed by atoms with Crippen molar-refractivity contribution in [2.45, 2.75) is 50.5 Å². The molecule has 4 nitrogen and oxygen atoms in total. The molecule has 1 aromatic rings. The fourth-order valence-corrected chi connectivity index (χ4v) is 3.43. The topological polar surface area (TPSA) is 69.4 Å². The van der Waals surface area contributed by atoms with Gasteiger partial charge in [-0.15, -0.1) is 0 Å². The van der Waals surface area contributed by atoms with E-state index in [0.29, 0.717) is 24.5 Å². The Balaban J connectivity index is 2.79. The summed E-state index contributed by atoms with van der Waals surface area (Å²) >= 11 is 0.